The maximum atomic E-state index is 11.8. The molecule has 0 aromatic heterocycles. The number of benzene rings is 2. The topological polar surface area (TPSA) is 58.9 Å². The molecule has 98 valence electrons. The summed E-state index contributed by atoms with van der Waals surface area (Å²) >= 11 is 0. The summed E-state index contributed by atoms with van der Waals surface area (Å²) in [5, 5.41) is 9.24. The molecule has 0 aliphatic carbocycles. The van der Waals surface area contributed by atoms with Gasteiger partial charge in [0.15, 0.2) is 5.70 Å². The van der Waals surface area contributed by atoms with Gasteiger partial charge in [-0.3, -0.25) is 0 Å². The van der Waals surface area contributed by atoms with Crippen molar-refractivity contribution >= 4 is 17.9 Å². The maximum absolute atomic E-state index is 11.8. The highest BCUT2D eigenvalue weighted by atomic mass is 16.6. The Morgan fingerprint density at radius 3 is 2.40 bits per heavy atom. The number of rotatable bonds is 2. The van der Waals surface area contributed by atoms with E-state index >= 15 is 0 Å². The Hall–Kier alpha value is -2.88. The van der Waals surface area contributed by atoms with E-state index in [4.69, 9.17) is 4.74 Å². The molecule has 0 radical (unpaired) electrons. The lowest BCUT2D eigenvalue weighted by molar-refractivity contribution is -0.129. The average molecular weight is 265 g/mol. The van der Waals surface area contributed by atoms with E-state index < -0.39 is 5.97 Å². The van der Waals surface area contributed by atoms with E-state index in [-0.39, 0.29) is 17.3 Å². The molecule has 3 rings (SSSR count). The highest BCUT2D eigenvalue weighted by Gasteiger charge is 2.23. The molecule has 20 heavy (non-hydrogen) atoms. The number of cyclic esters (lactones) is 1. The number of esters is 1. The van der Waals surface area contributed by atoms with Crippen LogP contribution in [-0.4, -0.2) is 17.0 Å². The normalized spacial score (nSPS) is 16.1. The summed E-state index contributed by atoms with van der Waals surface area (Å²) in [6, 6.07) is 15.8. The SMILES string of the molecule is O=C1OC(c2ccc(O)cc2)=N/C1=C/c1ccccc1. The summed E-state index contributed by atoms with van der Waals surface area (Å²) in [7, 11) is 0. The molecule has 1 heterocycles. The van der Waals surface area contributed by atoms with Crippen molar-refractivity contribution in [2.75, 3.05) is 0 Å². The third-order valence-electron chi connectivity index (χ3n) is 2.84. The predicted octanol–water partition coefficient (Wildman–Crippen LogP) is 2.74. The molecule has 0 saturated carbocycles. The lowest BCUT2D eigenvalue weighted by Gasteiger charge is -1.98. The van der Waals surface area contributed by atoms with Gasteiger partial charge in [0.25, 0.3) is 0 Å². The zero-order chi connectivity index (χ0) is 13.9. The summed E-state index contributed by atoms with van der Waals surface area (Å²) in [4.78, 5) is 16.0. The van der Waals surface area contributed by atoms with E-state index in [1.807, 2.05) is 30.3 Å². The van der Waals surface area contributed by atoms with Gasteiger partial charge in [0.1, 0.15) is 5.75 Å². The Morgan fingerprint density at radius 1 is 1.00 bits per heavy atom. The zero-order valence-electron chi connectivity index (χ0n) is 10.5. The molecule has 0 amide bonds. The number of carbonyl (C=O) groups is 1. The second-order valence-corrected chi connectivity index (χ2v) is 4.29. The van der Waals surface area contributed by atoms with Crippen LogP contribution in [0.3, 0.4) is 0 Å². The minimum absolute atomic E-state index is 0.152. The first-order chi connectivity index (χ1) is 9.72. The van der Waals surface area contributed by atoms with Gasteiger partial charge in [-0.2, -0.15) is 0 Å². The van der Waals surface area contributed by atoms with E-state index in [0.717, 1.165) is 5.56 Å². The number of phenolic OH excluding ortho intramolecular Hbond substituents is 1. The van der Waals surface area contributed by atoms with Crippen LogP contribution in [0.1, 0.15) is 11.1 Å². The Labute approximate surface area is 115 Å². The summed E-state index contributed by atoms with van der Waals surface area (Å²) < 4.78 is 5.13. The highest BCUT2D eigenvalue weighted by Crippen LogP contribution is 2.20. The molecule has 0 saturated heterocycles. The van der Waals surface area contributed by atoms with Crippen LogP contribution in [0.5, 0.6) is 5.75 Å². The van der Waals surface area contributed by atoms with E-state index in [9.17, 15) is 9.90 Å². The van der Waals surface area contributed by atoms with E-state index in [1.54, 1.807) is 18.2 Å². The number of aromatic hydroxyl groups is 1. The van der Waals surface area contributed by atoms with Crippen LogP contribution in [0.4, 0.5) is 0 Å². The summed E-state index contributed by atoms with van der Waals surface area (Å²) in [6.45, 7) is 0. The van der Waals surface area contributed by atoms with Crippen molar-refractivity contribution in [3.63, 3.8) is 0 Å². The number of phenols is 1. The molecule has 2 aromatic rings. The molecular weight excluding hydrogens is 254 g/mol. The van der Waals surface area contributed by atoms with Crippen molar-refractivity contribution in [2.45, 2.75) is 0 Å². The van der Waals surface area contributed by atoms with Crippen LogP contribution >= 0.6 is 0 Å². The number of hydrogen-bond acceptors (Lipinski definition) is 4. The van der Waals surface area contributed by atoms with Crippen molar-refractivity contribution < 1.29 is 14.6 Å². The second kappa shape index (κ2) is 5.01. The van der Waals surface area contributed by atoms with Gasteiger partial charge < -0.3 is 9.84 Å². The molecule has 4 heteroatoms. The van der Waals surface area contributed by atoms with E-state index in [0.29, 0.717) is 5.56 Å². The van der Waals surface area contributed by atoms with Crippen LogP contribution < -0.4 is 0 Å². The van der Waals surface area contributed by atoms with Gasteiger partial charge in [0.2, 0.25) is 5.90 Å². The number of hydrogen-bond donors (Lipinski definition) is 1. The summed E-state index contributed by atoms with van der Waals surface area (Å²) in [5.41, 5.74) is 1.79. The van der Waals surface area contributed by atoms with Gasteiger partial charge in [0.05, 0.1) is 0 Å². The van der Waals surface area contributed by atoms with Crippen molar-refractivity contribution in [1.29, 1.82) is 0 Å². The molecule has 1 N–H and O–H groups in total. The van der Waals surface area contributed by atoms with Crippen molar-refractivity contribution in [3.05, 3.63) is 71.4 Å². The van der Waals surface area contributed by atoms with Crippen molar-refractivity contribution in [1.82, 2.24) is 0 Å². The van der Waals surface area contributed by atoms with Gasteiger partial charge in [-0.15, -0.1) is 0 Å². The largest absolute Gasteiger partial charge is 0.508 e. The van der Waals surface area contributed by atoms with Gasteiger partial charge in [-0.1, -0.05) is 30.3 Å². The van der Waals surface area contributed by atoms with Gasteiger partial charge in [-0.25, -0.2) is 9.79 Å². The summed E-state index contributed by atoms with van der Waals surface area (Å²) in [5.74, 6) is -0.0761. The monoisotopic (exact) mass is 265 g/mol. The standard InChI is InChI=1S/C16H11NO3/c18-13-8-6-12(7-9-13)15-17-14(16(19)20-15)10-11-4-2-1-3-5-11/h1-10,18H/b14-10+. The van der Waals surface area contributed by atoms with Crippen LogP contribution in [0.15, 0.2) is 65.3 Å². The Bertz CT molecular complexity index is 700. The number of nitrogens with zero attached hydrogens (tertiary/aromatic N) is 1. The number of aliphatic imine (C=N–C) groups is 1. The molecule has 0 unspecified atom stereocenters. The molecule has 0 fully saturated rings. The molecule has 0 bridgehead atoms. The third kappa shape index (κ3) is 2.44. The fourth-order valence-corrected chi connectivity index (χ4v) is 1.84. The van der Waals surface area contributed by atoms with Crippen LogP contribution in [-0.2, 0) is 9.53 Å². The van der Waals surface area contributed by atoms with Crippen LogP contribution in [0.2, 0.25) is 0 Å². The molecular formula is C16H11NO3. The lowest BCUT2D eigenvalue weighted by atomic mass is 10.2. The minimum atomic E-state index is -0.475. The smallest absolute Gasteiger partial charge is 0.363 e. The molecule has 2 aromatic carbocycles. The summed E-state index contributed by atoms with van der Waals surface area (Å²) in [6.07, 6.45) is 1.68. The lowest BCUT2D eigenvalue weighted by Crippen LogP contribution is -2.04. The molecule has 0 atom stereocenters. The van der Waals surface area contributed by atoms with Gasteiger partial charge >= 0.3 is 5.97 Å². The predicted molar refractivity (Wildman–Crippen MR) is 75.2 cm³/mol. The quantitative estimate of drug-likeness (QED) is 0.671. The van der Waals surface area contributed by atoms with Crippen LogP contribution in [0.25, 0.3) is 6.08 Å². The number of carbonyl (C=O) groups excluding carboxylic acids is 1. The third-order valence-corrected chi connectivity index (χ3v) is 2.84. The van der Waals surface area contributed by atoms with E-state index in [2.05, 4.69) is 4.99 Å². The Kier molecular flexibility index (Phi) is 3.05. The van der Waals surface area contributed by atoms with Crippen molar-refractivity contribution in [3.8, 4) is 5.75 Å². The fraction of sp³-hybridized carbons (Fsp3) is 0. The van der Waals surface area contributed by atoms with Gasteiger partial charge in [-0.05, 0) is 35.9 Å². The van der Waals surface area contributed by atoms with Gasteiger partial charge in [0, 0.05) is 5.56 Å². The minimum Gasteiger partial charge on any atom is -0.508 e. The Balaban J connectivity index is 1.93. The maximum Gasteiger partial charge on any atom is 0.363 e. The molecule has 4 nitrogen and oxygen atoms in total. The average Bonchev–Trinajstić information content (AvgIpc) is 2.82. The first-order valence-corrected chi connectivity index (χ1v) is 6.09. The highest BCUT2D eigenvalue weighted by molar-refractivity contribution is 6.12. The Morgan fingerprint density at radius 2 is 1.70 bits per heavy atom. The zero-order valence-corrected chi connectivity index (χ0v) is 10.5. The molecule has 1 aliphatic rings. The molecule has 0 spiro atoms. The van der Waals surface area contributed by atoms with Crippen LogP contribution in [0, 0.1) is 0 Å². The first kappa shape index (κ1) is 12.2. The molecule has 1 aliphatic heterocycles. The second-order valence-electron chi connectivity index (χ2n) is 4.29. The first-order valence-electron chi connectivity index (χ1n) is 6.09. The van der Waals surface area contributed by atoms with E-state index in [1.165, 1.54) is 12.1 Å². The number of ether oxygens (including phenoxy) is 1. The fourth-order valence-electron chi connectivity index (χ4n) is 1.84. The van der Waals surface area contributed by atoms with Crippen molar-refractivity contribution in [2.24, 2.45) is 4.99 Å².